The fourth-order valence-electron chi connectivity index (χ4n) is 2.24. The monoisotopic (exact) mass is 283 g/mol. The summed E-state index contributed by atoms with van der Waals surface area (Å²) in [4.78, 5) is 12.0. The molecule has 0 saturated carbocycles. The van der Waals surface area contributed by atoms with E-state index in [9.17, 15) is 4.79 Å². The largest absolute Gasteiger partial charge is 0.399 e. The van der Waals surface area contributed by atoms with Gasteiger partial charge in [-0.1, -0.05) is 18.2 Å². The van der Waals surface area contributed by atoms with Gasteiger partial charge >= 0.3 is 0 Å². The van der Waals surface area contributed by atoms with Gasteiger partial charge in [0.2, 0.25) is 0 Å². The Hall–Kier alpha value is -2.36. The zero-order chi connectivity index (χ0) is 15.4. The average molecular weight is 283 g/mol. The lowest BCUT2D eigenvalue weighted by Gasteiger charge is -2.22. The van der Waals surface area contributed by atoms with E-state index in [4.69, 9.17) is 5.73 Å². The Bertz CT molecular complexity index is 611. The molecule has 0 bridgehead atoms. The molecule has 0 saturated heterocycles. The van der Waals surface area contributed by atoms with Crippen LogP contribution in [0.3, 0.4) is 0 Å². The van der Waals surface area contributed by atoms with Crippen molar-refractivity contribution in [3.8, 4) is 0 Å². The van der Waals surface area contributed by atoms with Crippen molar-refractivity contribution >= 4 is 17.3 Å². The molecule has 0 heterocycles. The standard InChI is InChI=1S/C17H21N3O/c1-11(2)14-5-4-12(3)16(10-14)19-20-17(21)13-6-8-15(18)9-7-13/h4,6-9,14H,1,5,10,18H2,2-3H3,(H,20,21)/b19-16-/t14-/m1/s1. The topological polar surface area (TPSA) is 67.5 Å². The molecular weight excluding hydrogens is 262 g/mol. The number of benzene rings is 1. The van der Waals surface area contributed by atoms with Gasteiger partial charge in [-0.05, 0) is 62.4 Å². The molecule has 1 aromatic rings. The van der Waals surface area contributed by atoms with E-state index in [0.717, 1.165) is 29.7 Å². The van der Waals surface area contributed by atoms with Crippen molar-refractivity contribution in [2.75, 3.05) is 5.73 Å². The summed E-state index contributed by atoms with van der Waals surface area (Å²) in [5.74, 6) is 0.175. The number of rotatable bonds is 3. The smallest absolute Gasteiger partial charge is 0.271 e. The molecule has 1 atom stereocenters. The van der Waals surface area contributed by atoms with Crippen LogP contribution in [0.25, 0.3) is 0 Å². The second-order valence-corrected chi connectivity index (χ2v) is 5.49. The van der Waals surface area contributed by atoms with Crippen molar-refractivity contribution in [3.05, 3.63) is 53.6 Å². The first kappa shape index (κ1) is 15.0. The van der Waals surface area contributed by atoms with Crippen LogP contribution in [-0.4, -0.2) is 11.6 Å². The minimum absolute atomic E-state index is 0.229. The molecule has 1 aliphatic rings. The lowest BCUT2D eigenvalue weighted by Crippen LogP contribution is -2.23. The summed E-state index contributed by atoms with van der Waals surface area (Å²) in [6.45, 7) is 8.05. The fraction of sp³-hybridized carbons (Fsp3) is 0.294. The molecule has 0 radical (unpaired) electrons. The van der Waals surface area contributed by atoms with E-state index < -0.39 is 0 Å². The summed E-state index contributed by atoms with van der Waals surface area (Å²) in [6.07, 6.45) is 3.96. The molecule has 0 spiro atoms. The second kappa shape index (κ2) is 6.39. The van der Waals surface area contributed by atoms with E-state index >= 15 is 0 Å². The maximum Gasteiger partial charge on any atom is 0.271 e. The van der Waals surface area contributed by atoms with E-state index in [1.807, 2.05) is 13.8 Å². The number of allylic oxidation sites excluding steroid dienone is 3. The highest BCUT2D eigenvalue weighted by Gasteiger charge is 2.18. The SMILES string of the molecule is C=C(C)[C@@H]1CC=C(C)/C(=N\NC(=O)c2ccc(N)cc2)C1. The second-order valence-electron chi connectivity index (χ2n) is 5.49. The molecule has 1 amide bonds. The van der Waals surface area contributed by atoms with Gasteiger partial charge in [0, 0.05) is 11.3 Å². The Morgan fingerprint density at radius 2 is 2.05 bits per heavy atom. The molecule has 2 rings (SSSR count). The molecule has 1 aromatic carbocycles. The third-order valence-electron chi connectivity index (χ3n) is 3.77. The van der Waals surface area contributed by atoms with Crippen LogP contribution in [0.5, 0.6) is 0 Å². The molecular formula is C17H21N3O. The van der Waals surface area contributed by atoms with Crippen LogP contribution in [0.1, 0.15) is 37.0 Å². The van der Waals surface area contributed by atoms with Crippen LogP contribution in [-0.2, 0) is 0 Å². The summed E-state index contributed by atoms with van der Waals surface area (Å²) < 4.78 is 0. The maximum atomic E-state index is 12.0. The number of nitrogens with zero attached hydrogens (tertiary/aromatic N) is 1. The number of hydrogen-bond donors (Lipinski definition) is 2. The van der Waals surface area contributed by atoms with Gasteiger partial charge < -0.3 is 5.73 Å². The average Bonchev–Trinajstić information content (AvgIpc) is 2.46. The number of amides is 1. The number of anilines is 1. The minimum atomic E-state index is -0.229. The molecule has 21 heavy (non-hydrogen) atoms. The van der Waals surface area contributed by atoms with Crippen molar-refractivity contribution in [1.82, 2.24) is 5.43 Å². The number of nitrogens with two attached hydrogens (primary N) is 1. The molecule has 0 aliphatic heterocycles. The molecule has 3 N–H and O–H groups in total. The van der Waals surface area contributed by atoms with Gasteiger partial charge in [-0.2, -0.15) is 5.10 Å². The third-order valence-corrected chi connectivity index (χ3v) is 3.77. The molecule has 4 nitrogen and oxygen atoms in total. The maximum absolute atomic E-state index is 12.0. The highest BCUT2D eigenvalue weighted by atomic mass is 16.2. The molecule has 4 heteroatoms. The van der Waals surface area contributed by atoms with Crippen LogP contribution < -0.4 is 11.2 Å². The fourth-order valence-corrected chi connectivity index (χ4v) is 2.24. The summed E-state index contributed by atoms with van der Waals surface area (Å²) in [5.41, 5.74) is 12.6. The number of carbonyl (C=O) groups is 1. The van der Waals surface area contributed by atoms with Crippen LogP contribution in [0, 0.1) is 5.92 Å². The molecule has 0 fully saturated rings. The Kier molecular flexibility index (Phi) is 4.58. The Balaban J connectivity index is 2.07. The lowest BCUT2D eigenvalue weighted by atomic mass is 9.85. The number of nitrogens with one attached hydrogen (secondary N) is 1. The van der Waals surface area contributed by atoms with E-state index in [0.29, 0.717) is 17.2 Å². The van der Waals surface area contributed by atoms with Gasteiger partial charge in [-0.15, -0.1) is 0 Å². The number of hydrogen-bond acceptors (Lipinski definition) is 3. The van der Waals surface area contributed by atoms with Crippen LogP contribution in [0.15, 0.2) is 53.2 Å². The lowest BCUT2D eigenvalue weighted by molar-refractivity contribution is 0.0954. The van der Waals surface area contributed by atoms with E-state index in [1.165, 1.54) is 0 Å². The van der Waals surface area contributed by atoms with Gasteiger partial charge in [0.15, 0.2) is 0 Å². The van der Waals surface area contributed by atoms with Gasteiger partial charge in [0.25, 0.3) is 5.91 Å². The quantitative estimate of drug-likeness (QED) is 0.508. The van der Waals surface area contributed by atoms with Crippen molar-refractivity contribution in [1.29, 1.82) is 0 Å². The summed E-state index contributed by atoms with van der Waals surface area (Å²) in [6, 6.07) is 6.77. The Morgan fingerprint density at radius 3 is 2.67 bits per heavy atom. The molecule has 0 aromatic heterocycles. The first-order valence-corrected chi connectivity index (χ1v) is 7.02. The van der Waals surface area contributed by atoms with E-state index in [-0.39, 0.29) is 5.91 Å². The Labute approximate surface area is 125 Å². The number of hydrazone groups is 1. The van der Waals surface area contributed by atoms with Crippen LogP contribution in [0.4, 0.5) is 5.69 Å². The predicted octanol–water partition coefficient (Wildman–Crippen LogP) is 3.29. The number of nitrogen functional groups attached to an aromatic ring is 1. The highest BCUT2D eigenvalue weighted by Crippen LogP contribution is 2.26. The van der Waals surface area contributed by atoms with E-state index in [1.54, 1.807) is 24.3 Å². The zero-order valence-electron chi connectivity index (χ0n) is 12.5. The zero-order valence-corrected chi connectivity index (χ0v) is 12.5. The summed E-state index contributed by atoms with van der Waals surface area (Å²) in [5, 5.41) is 4.27. The van der Waals surface area contributed by atoms with Crippen LogP contribution in [0.2, 0.25) is 0 Å². The van der Waals surface area contributed by atoms with E-state index in [2.05, 4.69) is 23.2 Å². The van der Waals surface area contributed by atoms with Gasteiger partial charge in [-0.3, -0.25) is 4.79 Å². The molecule has 0 unspecified atom stereocenters. The molecule has 1 aliphatic carbocycles. The van der Waals surface area contributed by atoms with Crippen molar-refractivity contribution < 1.29 is 4.79 Å². The highest BCUT2D eigenvalue weighted by molar-refractivity contribution is 6.02. The van der Waals surface area contributed by atoms with Crippen molar-refractivity contribution in [2.45, 2.75) is 26.7 Å². The van der Waals surface area contributed by atoms with Crippen LogP contribution >= 0.6 is 0 Å². The summed E-state index contributed by atoms with van der Waals surface area (Å²) >= 11 is 0. The summed E-state index contributed by atoms with van der Waals surface area (Å²) in [7, 11) is 0. The predicted molar refractivity (Wildman–Crippen MR) is 87.1 cm³/mol. The van der Waals surface area contributed by atoms with Gasteiger partial charge in [-0.25, -0.2) is 5.43 Å². The molecule has 110 valence electrons. The van der Waals surface area contributed by atoms with Gasteiger partial charge in [0.1, 0.15) is 0 Å². The first-order valence-electron chi connectivity index (χ1n) is 7.02. The number of carbonyl (C=O) groups excluding carboxylic acids is 1. The van der Waals surface area contributed by atoms with Crippen molar-refractivity contribution in [3.63, 3.8) is 0 Å². The Morgan fingerprint density at radius 1 is 1.38 bits per heavy atom. The normalized spacial score (nSPS) is 20.0. The first-order chi connectivity index (χ1) is 9.97. The third kappa shape index (κ3) is 3.81. The van der Waals surface area contributed by atoms with Crippen molar-refractivity contribution in [2.24, 2.45) is 11.0 Å². The minimum Gasteiger partial charge on any atom is -0.399 e. The van der Waals surface area contributed by atoms with Gasteiger partial charge in [0.05, 0.1) is 5.71 Å².